The first kappa shape index (κ1) is 19.0. The van der Waals surface area contributed by atoms with Crippen molar-refractivity contribution in [1.82, 2.24) is 0 Å². The van der Waals surface area contributed by atoms with Crippen LogP contribution in [0.5, 0.6) is 0 Å². The van der Waals surface area contributed by atoms with Gasteiger partial charge >= 0.3 is 5.97 Å². The molecule has 0 spiro atoms. The Morgan fingerprint density at radius 2 is 1.91 bits per heavy atom. The molecular weight excluding hydrogens is 327 g/mol. The molecule has 1 unspecified atom stereocenters. The Bertz CT molecular complexity index is 480. The van der Waals surface area contributed by atoms with Crippen molar-refractivity contribution in [2.24, 2.45) is 5.73 Å². The van der Waals surface area contributed by atoms with Crippen LogP contribution in [0.4, 0.5) is 5.69 Å². The van der Waals surface area contributed by atoms with E-state index in [4.69, 9.17) is 34.0 Å². The van der Waals surface area contributed by atoms with Crippen LogP contribution in [-0.2, 0) is 17.8 Å². The predicted molar refractivity (Wildman–Crippen MR) is 90.0 cm³/mol. The normalized spacial score (nSPS) is 12.2. The van der Waals surface area contributed by atoms with E-state index in [0.29, 0.717) is 31.3 Å². The monoisotopic (exact) mass is 348 g/mol. The van der Waals surface area contributed by atoms with Gasteiger partial charge in [0.1, 0.15) is 0 Å². The van der Waals surface area contributed by atoms with Gasteiger partial charge in [-0.1, -0.05) is 12.1 Å². The lowest BCUT2D eigenvalue weighted by Crippen LogP contribution is -2.31. The molecule has 1 aromatic rings. The molecule has 0 radical (unpaired) electrons. The average molecular weight is 349 g/mol. The van der Waals surface area contributed by atoms with E-state index in [2.05, 4.69) is 0 Å². The summed E-state index contributed by atoms with van der Waals surface area (Å²) in [5.41, 5.74) is 8.49. The molecule has 0 aromatic heterocycles. The van der Waals surface area contributed by atoms with Crippen molar-refractivity contribution >= 4 is 34.9 Å². The number of rotatable bonds is 10. The van der Waals surface area contributed by atoms with Crippen LogP contribution in [0.1, 0.15) is 17.5 Å². The summed E-state index contributed by atoms with van der Waals surface area (Å²) in [4.78, 5) is 12.8. The number of alkyl halides is 2. The summed E-state index contributed by atoms with van der Waals surface area (Å²) >= 11 is 11.7. The van der Waals surface area contributed by atoms with Gasteiger partial charge in [0.25, 0.3) is 0 Å². The fraction of sp³-hybridized carbons (Fsp3) is 0.533. The van der Waals surface area contributed by atoms with Crippen molar-refractivity contribution in [1.29, 1.82) is 0 Å². The van der Waals surface area contributed by atoms with Crippen LogP contribution >= 0.6 is 23.2 Å². The van der Waals surface area contributed by atoms with Gasteiger partial charge in [-0.25, -0.2) is 0 Å². The summed E-state index contributed by atoms with van der Waals surface area (Å²) in [6.45, 7) is 1.19. The Labute approximate surface area is 140 Å². The number of hydrogen-bond donors (Lipinski definition) is 3. The van der Waals surface area contributed by atoms with Crippen molar-refractivity contribution in [2.45, 2.75) is 25.5 Å². The zero-order valence-corrected chi connectivity index (χ0v) is 13.9. The Balaban J connectivity index is 3.05. The van der Waals surface area contributed by atoms with Gasteiger partial charge in [0.15, 0.2) is 0 Å². The van der Waals surface area contributed by atoms with Crippen LogP contribution in [0.3, 0.4) is 0 Å². The minimum absolute atomic E-state index is 0.0769. The highest BCUT2D eigenvalue weighted by Crippen LogP contribution is 2.24. The number of hydrogen-bond acceptors (Lipinski definition) is 4. The summed E-state index contributed by atoms with van der Waals surface area (Å²) in [5, 5.41) is 18.1. The number of carboxylic acids is 1. The first-order valence-electron chi connectivity index (χ1n) is 7.08. The topological polar surface area (TPSA) is 86.8 Å². The summed E-state index contributed by atoms with van der Waals surface area (Å²) in [7, 11) is 0. The first-order chi connectivity index (χ1) is 10.5. The van der Waals surface area contributed by atoms with Gasteiger partial charge in [-0.2, -0.15) is 0 Å². The lowest BCUT2D eigenvalue weighted by molar-refractivity contribution is -0.137. The van der Waals surface area contributed by atoms with Crippen molar-refractivity contribution in [3.8, 4) is 0 Å². The number of aliphatic hydroxyl groups is 1. The van der Waals surface area contributed by atoms with Crippen molar-refractivity contribution in [2.75, 3.05) is 29.7 Å². The first-order valence-corrected chi connectivity index (χ1v) is 8.15. The maximum absolute atomic E-state index is 10.8. The maximum atomic E-state index is 10.8. The third kappa shape index (κ3) is 6.01. The SMILES string of the molecule is NC(CC(=O)O)Cc1cc(CO)ccc1N(CCCl)CCCl. The molecule has 4 N–H and O–H groups in total. The Hall–Kier alpha value is -1.01. The van der Waals surface area contributed by atoms with Crippen LogP contribution in [-0.4, -0.2) is 47.1 Å². The van der Waals surface area contributed by atoms with Crippen molar-refractivity contribution < 1.29 is 15.0 Å². The molecule has 0 aliphatic carbocycles. The quantitative estimate of drug-likeness (QED) is 0.561. The third-order valence-corrected chi connectivity index (χ3v) is 3.63. The van der Waals surface area contributed by atoms with Crippen LogP contribution < -0.4 is 10.6 Å². The molecule has 0 fully saturated rings. The molecule has 0 bridgehead atoms. The van der Waals surface area contributed by atoms with Gasteiger partial charge in [0, 0.05) is 36.6 Å². The van der Waals surface area contributed by atoms with Crippen LogP contribution in [0.15, 0.2) is 18.2 Å². The molecule has 0 heterocycles. The molecule has 0 amide bonds. The number of benzene rings is 1. The van der Waals surface area contributed by atoms with E-state index in [1.807, 2.05) is 23.1 Å². The zero-order valence-electron chi connectivity index (χ0n) is 12.3. The average Bonchev–Trinajstić information content (AvgIpc) is 2.46. The largest absolute Gasteiger partial charge is 0.481 e. The minimum atomic E-state index is -0.925. The summed E-state index contributed by atoms with van der Waals surface area (Å²) in [6, 6.07) is 5.09. The number of aliphatic carboxylic acids is 1. The number of nitrogens with zero attached hydrogens (tertiary/aromatic N) is 1. The maximum Gasteiger partial charge on any atom is 0.304 e. The van der Waals surface area contributed by atoms with E-state index in [1.165, 1.54) is 0 Å². The number of nitrogens with two attached hydrogens (primary N) is 1. The Kier molecular flexibility index (Phi) is 8.56. The summed E-state index contributed by atoms with van der Waals surface area (Å²) in [5.74, 6) is -0.0100. The second kappa shape index (κ2) is 9.90. The second-order valence-electron chi connectivity index (χ2n) is 5.05. The highest BCUT2D eigenvalue weighted by atomic mass is 35.5. The molecule has 124 valence electrons. The van der Waals surface area contributed by atoms with Crippen LogP contribution in [0, 0.1) is 0 Å². The Morgan fingerprint density at radius 3 is 2.41 bits per heavy atom. The van der Waals surface area contributed by atoms with Crippen molar-refractivity contribution in [3.63, 3.8) is 0 Å². The lowest BCUT2D eigenvalue weighted by atomic mass is 9.99. The minimum Gasteiger partial charge on any atom is -0.481 e. The number of anilines is 1. The molecule has 1 rings (SSSR count). The van der Waals surface area contributed by atoms with E-state index in [-0.39, 0.29) is 13.0 Å². The summed E-state index contributed by atoms with van der Waals surface area (Å²) in [6.07, 6.45) is 0.310. The standard InChI is InChI=1S/C15H22Cl2N2O3/c16-3-5-19(6-4-17)14-2-1-11(10-20)7-12(14)8-13(18)9-15(21)22/h1-2,7,13,20H,3-6,8-10,18H2,(H,21,22). The molecule has 0 saturated heterocycles. The molecule has 22 heavy (non-hydrogen) atoms. The highest BCUT2D eigenvalue weighted by Gasteiger charge is 2.16. The molecule has 7 heteroatoms. The van der Waals surface area contributed by atoms with Gasteiger partial charge in [-0.05, 0) is 23.6 Å². The molecule has 1 aromatic carbocycles. The second-order valence-corrected chi connectivity index (χ2v) is 5.80. The molecule has 0 aliphatic heterocycles. The smallest absolute Gasteiger partial charge is 0.304 e. The lowest BCUT2D eigenvalue weighted by Gasteiger charge is -2.27. The van der Waals surface area contributed by atoms with E-state index in [0.717, 1.165) is 16.8 Å². The zero-order chi connectivity index (χ0) is 16.5. The van der Waals surface area contributed by atoms with Gasteiger partial charge in [-0.3, -0.25) is 4.79 Å². The molecular formula is C15H22Cl2N2O3. The fourth-order valence-electron chi connectivity index (χ4n) is 2.34. The van der Waals surface area contributed by atoms with Gasteiger partial charge in [-0.15, -0.1) is 23.2 Å². The van der Waals surface area contributed by atoms with Crippen LogP contribution in [0.2, 0.25) is 0 Å². The van der Waals surface area contributed by atoms with Crippen LogP contribution in [0.25, 0.3) is 0 Å². The van der Waals surface area contributed by atoms with Crippen molar-refractivity contribution in [3.05, 3.63) is 29.3 Å². The predicted octanol–water partition coefficient (Wildman–Crippen LogP) is 1.81. The van der Waals surface area contributed by atoms with Gasteiger partial charge in [0.05, 0.1) is 13.0 Å². The fourth-order valence-corrected chi connectivity index (χ4v) is 2.75. The highest BCUT2D eigenvalue weighted by molar-refractivity contribution is 6.18. The number of aliphatic hydroxyl groups excluding tert-OH is 1. The van der Waals surface area contributed by atoms with E-state index < -0.39 is 12.0 Å². The molecule has 0 saturated carbocycles. The molecule has 5 nitrogen and oxygen atoms in total. The van der Waals surface area contributed by atoms with Gasteiger partial charge in [0.2, 0.25) is 0 Å². The number of carbonyl (C=O) groups is 1. The van der Waals surface area contributed by atoms with Gasteiger partial charge < -0.3 is 20.8 Å². The number of halogens is 2. The summed E-state index contributed by atoms with van der Waals surface area (Å²) < 4.78 is 0. The number of carboxylic acid groups (broad SMARTS) is 1. The Morgan fingerprint density at radius 1 is 1.27 bits per heavy atom. The van der Waals surface area contributed by atoms with E-state index in [1.54, 1.807) is 0 Å². The van der Waals surface area contributed by atoms with E-state index in [9.17, 15) is 9.90 Å². The molecule has 0 aliphatic rings. The third-order valence-electron chi connectivity index (χ3n) is 3.29. The van der Waals surface area contributed by atoms with E-state index >= 15 is 0 Å². The molecule has 1 atom stereocenters.